The standard InChI is InChI=1S/C14H28N2/c1-11-6-7-12(2)14(9-11)16-8-4-5-13(16)10-15-3/h11-15H,4-10H2,1-3H3. The molecule has 16 heavy (non-hydrogen) atoms. The van der Waals surface area contributed by atoms with Crippen molar-refractivity contribution in [2.45, 2.75) is 58.0 Å². The van der Waals surface area contributed by atoms with Gasteiger partial charge in [0.15, 0.2) is 0 Å². The fourth-order valence-corrected chi connectivity index (χ4v) is 3.71. The fraction of sp³-hybridized carbons (Fsp3) is 1.00. The van der Waals surface area contributed by atoms with Crippen molar-refractivity contribution in [3.63, 3.8) is 0 Å². The molecular weight excluding hydrogens is 196 g/mol. The lowest BCUT2D eigenvalue weighted by atomic mass is 9.79. The van der Waals surface area contributed by atoms with E-state index in [2.05, 4.69) is 31.1 Å². The zero-order valence-electron chi connectivity index (χ0n) is 11.2. The lowest BCUT2D eigenvalue weighted by Crippen LogP contribution is -2.48. The second-order valence-corrected chi connectivity index (χ2v) is 6.05. The molecule has 0 radical (unpaired) electrons. The summed E-state index contributed by atoms with van der Waals surface area (Å²) in [5.74, 6) is 1.85. The molecule has 1 saturated heterocycles. The van der Waals surface area contributed by atoms with E-state index in [9.17, 15) is 0 Å². The van der Waals surface area contributed by atoms with Crippen LogP contribution in [0.4, 0.5) is 0 Å². The Morgan fingerprint density at radius 2 is 2.00 bits per heavy atom. The quantitative estimate of drug-likeness (QED) is 0.792. The maximum Gasteiger partial charge on any atom is 0.0224 e. The van der Waals surface area contributed by atoms with Crippen LogP contribution in [0.15, 0.2) is 0 Å². The summed E-state index contributed by atoms with van der Waals surface area (Å²) in [5, 5.41) is 3.36. The minimum atomic E-state index is 0.808. The molecule has 0 amide bonds. The van der Waals surface area contributed by atoms with Crippen LogP contribution in [0.1, 0.15) is 46.0 Å². The van der Waals surface area contributed by atoms with Crippen molar-refractivity contribution >= 4 is 0 Å². The summed E-state index contributed by atoms with van der Waals surface area (Å²) in [6.45, 7) is 7.42. The third kappa shape index (κ3) is 2.60. The first-order valence-electron chi connectivity index (χ1n) is 7.12. The summed E-state index contributed by atoms with van der Waals surface area (Å²) in [7, 11) is 2.09. The molecule has 1 saturated carbocycles. The van der Waals surface area contributed by atoms with Gasteiger partial charge in [0.25, 0.3) is 0 Å². The van der Waals surface area contributed by atoms with Crippen LogP contribution in [-0.2, 0) is 0 Å². The molecule has 0 bridgehead atoms. The number of hydrogen-bond donors (Lipinski definition) is 1. The molecule has 0 aromatic carbocycles. The van der Waals surface area contributed by atoms with Crippen LogP contribution in [0.3, 0.4) is 0 Å². The third-order valence-electron chi connectivity index (χ3n) is 4.70. The fourth-order valence-electron chi connectivity index (χ4n) is 3.71. The first-order valence-corrected chi connectivity index (χ1v) is 7.12. The smallest absolute Gasteiger partial charge is 0.0224 e. The number of rotatable bonds is 3. The van der Waals surface area contributed by atoms with E-state index in [0.717, 1.165) is 23.9 Å². The summed E-state index contributed by atoms with van der Waals surface area (Å²) in [4.78, 5) is 2.82. The number of likely N-dealkylation sites (tertiary alicyclic amines) is 1. The Balaban J connectivity index is 1.98. The van der Waals surface area contributed by atoms with Crippen LogP contribution >= 0.6 is 0 Å². The Morgan fingerprint density at radius 3 is 2.75 bits per heavy atom. The molecule has 94 valence electrons. The Labute approximate surface area is 101 Å². The van der Waals surface area contributed by atoms with E-state index in [1.807, 2.05) is 0 Å². The monoisotopic (exact) mass is 224 g/mol. The second-order valence-electron chi connectivity index (χ2n) is 6.05. The van der Waals surface area contributed by atoms with E-state index in [4.69, 9.17) is 0 Å². The molecule has 1 N–H and O–H groups in total. The van der Waals surface area contributed by atoms with E-state index in [1.54, 1.807) is 0 Å². The molecule has 1 heterocycles. The highest BCUT2D eigenvalue weighted by Gasteiger charge is 2.35. The lowest BCUT2D eigenvalue weighted by molar-refractivity contribution is 0.0802. The van der Waals surface area contributed by atoms with Gasteiger partial charge < -0.3 is 5.32 Å². The van der Waals surface area contributed by atoms with Crippen LogP contribution in [0, 0.1) is 11.8 Å². The molecule has 2 heteroatoms. The molecule has 0 aromatic rings. The zero-order chi connectivity index (χ0) is 11.5. The van der Waals surface area contributed by atoms with Crippen molar-refractivity contribution in [2.75, 3.05) is 20.1 Å². The number of nitrogens with zero attached hydrogens (tertiary/aromatic N) is 1. The minimum Gasteiger partial charge on any atom is -0.318 e. The average molecular weight is 224 g/mol. The summed E-state index contributed by atoms with van der Waals surface area (Å²) >= 11 is 0. The van der Waals surface area contributed by atoms with Crippen LogP contribution in [0.25, 0.3) is 0 Å². The molecule has 2 aliphatic rings. The van der Waals surface area contributed by atoms with Gasteiger partial charge in [-0.3, -0.25) is 4.90 Å². The van der Waals surface area contributed by atoms with Gasteiger partial charge in [-0.15, -0.1) is 0 Å². The van der Waals surface area contributed by atoms with E-state index in [-0.39, 0.29) is 0 Å². The molecule has 1 aliphatic carbocycles. The number of hydrogen-bond acceptors (Lipinski definition) is 2. The van der Waals surface area contributed by atoms with Gasteiger partial charge in [-0.2, -0.15) is 0 Å². The average Bonchev–Trinajstić information content (AvgIpc) is 2.70. The van der Waals surface area contributed by atoms with E-state index in [1.165, 1.54) is 45.2 Å². The molecular formula is C14H28N2. The molecule has 2 nitrogen and oxygen atoms in total. The van der Waals surface area contributed by atoms with Crippen molar-refractivity contribution in [3.8, 4) is 0 Å². The molecule has 2 fully saturated rings. The second kappa shape index (κ2) is 5.50. The maximum atomic E-state index is 3.36. The van der Waals surface area contributed by atoms with E-state index >= 15 is 0 Å². The summed E-state index contributed by atoms with van der Waals surface area (Å²) < 4.78 is 0. The summed E-state index contributed by atoms with van der Waals surface area (Å²) in [6, 6.07) is 1.67. The van der Waals surface area contributed by atoms with Crippen molar-refractivity contribution in [1.82, 2.24) is 10.2 Å². The van der Waals surface area contributed by atoms with Crippen molar-refractivity contribution in [1.29, 1.82) is 0 Å². The van der Waals surface area contributed by atoms with Gasteiger partial charge in [-0.25, -0.2) is 0 Å². The molecule has 2 rings (SSSR count). The zero-order valence-corrected chi connectivity index (χ0v) is 11.2. The van der Waals surface area contributed by atoms with E-state index in [0.29, 0.717) is 0 Å². The van der Waals surface area contributed by atoms with Crippen LogP contribution < -0.4 is 5.32 Å². The SMILES string of the molecule is CNCC1CCCN1C1CC(C)CCC1C. The van der Waals surface area contributed by atoms with Crippen molar-refractivity contribution < 1.29 is 0 Å². The molecule has 0 spiro atoms. The topological polar surface area (TPSA) is 15.3 Å². The van der Waals surface area contributed by atoms with Gasteiger partial charge >= 0.3 is 0 Å². The molecule has 0 aromatic heterocycles. The van der Waals surface area contributed by atoms with Gasteiger partial charge in [-0.05, 0) is 51.1 Å². The van der Waals surface area contributed by atoms with Gasteiger partial charge in [0.05, 0.1) is 0 Å². The Kier molecular flexibility index (Phi) is 4.26. The highest BCUT2D eigenvalue weighted by molar-refractivity contribution is 4.91. The number of likely N-dealkylation sites (N-methyl/N-ethyl adjacent to an activating group) is 1. The Morgan fingerprint density at radius 1 is 1.19 bits per heavy atom. The normalized spacial score (nSPS) is 41.4. The Bertz CT molecular complexity index is 217. The predicted molar refractivity (Wildman–Crippen MR) is 69.6 cm³/mol. The van der Waals surface area contributed by atoms with Gasteiger partial charge in [-0.1, -0.05) is 20.3 Å². The molecule has 4 unspecified atom stereocenters. The van der Waals surface area contributed by atoms with Crippen LogP contribution in [0.5, 0.6) is 0 Å². The van der Waals surface area contributed by atoms with Gasteiger partial charge in [0, 0.05) is 18.6 Å². The van der Waals surface area contributed by atoms with Gasteiger partial charge in [0.2, 0.25) is 0 Å². The van der Waals surface area contributed by atoms with Crippen molar-refractivity contribution in [2.24, 2.45) is 11.8 Å². The van der Waals surface area contributed by atoms with Crippen molar-refractivity contribution in [3.05, 3.63) is 0 Å². The maximum absolute atomic E-state index is 3.36. The predicted octanol–water partition coefficient (Wildman–Crippen LogP) is 2.49. The first-order chi connectivity index (χ1) is 7.72. The van der Waals surface area contributed by atoms with E-state index < -0.39 is 0 Å². The highest BCUT2D eigenvalue weighted by atomic mass is 15.2. The lowest BCUT2D eigenvalue weighted by Gasteiger charge is -2.41. The van der Waals surface area contributed by atoms with Crippen LogP contribution in [0.2, 0.25) is 0 Å². The Hall–Kier alpha value is -0.0800. The highest BCUT2D eigenvalue weighted by Crippen LogP contribution is 2.35. The summed E-state index contributed by atoms with van der Waals surface area (Å²) in [6.07, 6.45) is 7.13. The number of nitrogens with one attached hydrogen (secondary N) is 1. The molecule has 4 atom stereocenters. The van der Waals surface area contributed by atoms with Crippen LogP contribution in [-0.4, -0.2) is 37.1 Å². The minimum absolute atomic E-state index is 0.808. The first kappa shape index (κ1) is 12.4. The third-order valence-corrected chi connectivity index (χ3v) is 4.70. The summed E-state index contributed by atoms with van der Waals surface area (Å²) in [5.41, 5.74) is 0. The molecule has 1 aliphatic heterocycles. The van der Waals surface area contributed by atoms with Gasteiger partial charge in [0.1, 0.15) is 0 Å². The largest absolute Gasteiger partial charge is 0.318 e.